The SMILES string of the molecule is CC(C)C(N)c1ccc2c(c1)OCCO2.Cl. The van der Waals surface area contributed by atoms with Crippen LogP contribution in [0.2, 0.25) is 0 Å². The molecule has 1 aromatic rings. The largest absolute Gasteiger partial charge is 0.486 e. The number of benzene rings is 1. The summed E-state index contributed by atoms with van der Waals surface area (Å²) in [5.41, 5.74) is 7.18. The molecule has 1 aliphatic rings. The van der Waals surface area contributed by atoms with Gasteiger partial charge in [0.25, 0.3) is 0 Å². The Hall–Kier alpha value is -0.930. The lowest BCUT2D eigenvalue weighted by Crippen LogP contribution is -2.19. The normalized spacial score (nSPS) is 15.5. The fourth-order valence-corrected chi connectivity index (χ4v) is 1.65. The molecule has 0 spiro atoms. The van der Waals surface area contributed by atoms with Crippen LogP contribution in [0.15, 0.2) is 18.2 Å². The molecule has 0 radical (unpaired) electrons. The summed E-state index contributed by atoms with van der Waals surface area (Å²) in [7, 11) is 0. The van der Waals surface area contributed by atoms with Crippen molar-refractivity contribution in [3.05, 3.63) is 23.8 Å². The molecule has 0 bridgehead atoms. The maximum Gasteiger partial charge on any atom is 0.161 e. The molecule has 1 aliphatic heterocycles. The van der Waals surface area contributed by atoms with Gasteiger partial charge < -0.3 is 15.2 Å². The van der Waals surface area contributed by atoms with Gasteiger partial charge >= 0.3 is 0 Å². The van der Waals surface area contributed by atoms with Gasteiger partial charge in [-0.3, -0.25) is 0 Å². The van der Waals surface area contributed by atoms with E-state index in [0.29, 0.717) is 19.1 Å². The van der Waals surface area contributed by atoms with E-state index < -0.39 is 0 Å². The molecule has 1 atom stereocenters. The Balaban J connectivity index is 0.00000128. The fraction of sp³-hybridized carbons (Fsp3) is 0.500. The van der Waals surface area contributed by atoms with Crippen molar-refractivity contribution < 1.29 is 9.47 Å². The Bertz CT molecular complexity index is 355. The smallest absolute Gasteiger partial charge is 0.161 e. The first-order valence-electron chi connectivity index (χ1n) is 5.33. The number of nitrogens with two attached hydrogens (primary N) is 1. The summed E-state index contributed by atoms with van der Waals surface area (Å²) in [6.45, 7) is 5.47. The molecule has 4 heteroatoms. The van der Waals surface area contributed by atoms with Crippen LogP contribution in [0.4, 0.5) is 0 Å². The van der Waals surface area contributed by atoms with Crippen molar-refractivity contribution in [2.45, 2.75) is 19.9 Å². The maximum absolute atomic E-state index is 6.07. The van der Waals surface area contributed by atoms with Gasteiger partial charge in [-0.05, 0) is 23.6 Å². The Morgan fingerprint density at radius 2 is 1.75 bits per heavy atom. The highest BCUT2D eigenvalue weighted by Crippen LogP contribution is 2.33. The second-order valence-corrected chi connectivity index (χ2v) is 4.17. The van der Waals surface area contributed by atoms with Crippen molar-refractivity contribution in [3.63, 3.8) is 0 Å². The van der Waals surface area contributed by atoms with Crippen LogP contribution in [-0.4, -0.2) is 13.2 Å². The lowest BCUT2D eigenvalue weighted by Gasteiger charge is -2.21. The molecule has 0 aliphatic carbocycles. The summed E-state index contributed by atoms with van der Waals surface area (Å²) in [4.78, 5) is 0. The minimum Gasteiger partial charge on any atom is -0.486 e. The highest BCUT2D eigenvalue weighted by atomic mass is 35.5. The topological polar surface area (TPSA) is 44.5 Å². The molecule has 16 heavy (non-hydrogen) atoms. The van der Waals surface area contributed by atoms with Gasteiger partial charge in [0.05, 0.1) is 0 Å². The lowest BCUT2D eigenvalue weighted by molar-refractivity contribution is 0.171. The highest BCUT2D eigenvalue weighted by Gasteiger charge is 2.16. The average Bonchev–Trinajstić information content (AvgIpc) is 2.27. The first-order valence-corrected chi connectivity index (χ1v) is 5.33. The number of ether oxygens (including phenoxy) is 2. The molecule has 1 unspecified atom stereocenters. The molecule has 90 valence electrons. The van der Waals surface area contributed by atoms with E-state index in [1.165, 1.54) is 0 Å². The first kappa shape index (κ1) is 13.1. The number of hydrogen-bond donors (Lipinski definition) is 1. The van der Waals surface area contributed by atoms with Crippen LogP contribution in [0.5, 0.6) is 11.5 Å². The van der Waals surface area contributed by atoms with Crippen LogP contribution in [0.1, 0.15) is 25.5 Å². The van der Waals surface area contributed by atoms with Gasteiger partial charge in [-0.2, -0.15) is 0 Å². The van der Waals surface area contributed by atoms with Crippen LogP contribution in [0, 0.1) is 5.92 Å². The summed E-state index contributed by atoms with van der Waals surface area (Å²) in [6.07, 6.45) is 0. The third-order valence-electron chi connectivity index (χ3n) is 2.67. The fourth-order valence-electron chi connectivity index (χ4n) is 1.65. The predicted octanol–water partition coefficient (Wildman–Crippen LogP) is 2.54. The third kappa shape index (κ3) is 2.60. The Labute approximate surface area is 102 Å². The molecular formula is C12H18ClNO2. The van der Waals surface area contributed by atoms with E-state index in [9.17, 15) is 0 Å². The van der Waals surface area contributed by atoms with Gasteiger partial charge in [-0.25, -0.2) is 0 Å². The standard InChI is InChI=1S/C12H17NO2.ClH/c1-8(2)12(13)9-3-4-10-11(7-9)15-6-5-14-10;/h3-4,7-8,12H,5-6,13H2,1-2H3;1H. The van der Waals surface area contributed by atoms with Gasteiger partial charge in [0, 0.05) is 6.04 Å². The molecule has 1 heterocycles. The molecule has 0 saturated carbocycles. The second kappa shape index (κ2) is 5.41. The third-order valence-corrected chi connectivity index (χ3v) is 2.67. The average molecular weight is 244 g/mol. The summed E-state index contributed by atoms with van der Waals surface area (Å²) in [5, 5.41) is 0. The lowest BCUT2D eigenvalue weighted by atomic mass is 9.97. The van der Waals surface area contributed by atoms with E-state index in [1.54, 1.807) is 0 Å². The minimum absolute atomic E-state index is 0. The van der Waals surface area contributed by atoms with E-state index in [-0.39, 0.29) is 18.4 Å². The first-order chi connectivity index (χ1) is 7.18. The zero-order valence-electron chi connectivity index (χ0n) is 9.60. The monoisotopic (exact) mass is 243 g/mol. The highest BCUT2D eigenvalue weighted by molar-refractivity contribution is 5.85. The Kier molecular flexibility index (Phi) is 4.44. The van der Waals surface area contributed by atoms with Crippen LogP contribution >= 0.6 is 12.4 Å². The van der Waals surface area contributed by atoms with Crippen molar-refractivity contribution in [2.24, 2.45) is 11.7 Å². The quantitative estimate of drug-likeness (QED) is 0.868. The maximum atomic E-state index is 6.07. The van der Waals surface area contributed by atoms with E-state index in [1.807, 2.05) is 18.2 Å². The van der Waals surface area contributed by atoms with Crippen molar-refractivity contribution in [2.75, 3.05) is 13.2 Å². The van der Waals surface area contributed by atoms with Gasteiger partial charge in [-0.15, -0.1) is 12.4 Å². The second-order valence-electron chi connectivity index (χ2n) is 4.17. The molecule has 1 aromatic carbocycles. The van der Waals surface area contributed by atoms with Crippen molar-refractivity contribution in [1.82, 2.24) is 0 Å². The summed E-state index contributed by atoms with van der Waals surface area (Å²) in [5.74, 6) is 2.06. The zero-order chi connectivity index (χ0) is 10.8. The van der Waals surface area contributed by atoms with Gasteiger partial charge in [-0.1, -0.05) is 19.9 Å². The van der Waals surface area contributed by atoms with E-state index >= 15 is 0 Å². The molecule has 2 N–H and O–H groups in total. The zero-order valence-corrected chi connectivity index (χ0v) is 10.4. The van der Waals surface area contributed by atoms with Gasteiger partial charge in [0.1, 0.15) is 13.2 Å². The number of rotatable bonds is 2. The van der Waals surface area contributed by atoms with E-state index in [0.717, 1.165) is 17.1 Å². The summed E-state index contributed by atoms with van der Waals surface area (Å²) < 4.78 is 11.0. The van der Waals surface area contributed by atoms with Crippen molar-refractivity contribution >= 4 is 12.4 Å². The van der Waals surface area contributed by atoms with Crippen LogP contribution in [0.25, 0.3) is 0 Å². The van der Waals surface area contributed by atoms with E-state index in [2.05, 4.69) is 13.8 Å². The Morgan fingerprint density at radius 1 is 1.12 bits per heavy atom. The van der Waals surface area contributed by atoms with Gasteiger partial charge in [0.15, 0.2) is 11.5 Å². The van der Waals surface area contributed by atoms with Crippen molar-refractivity contribution in [3.8, 4) is 11.5 Å². The molecule has 0 aromatic heterocycles. The summed E-state index contributed by atoms with van der Waals surface area (Å²) in [6, 6.07) is 5.99. The number of hydrogen-bond acceptors (Lipinski definition) is 3. The molecule has 0 amide bonds. The Morgan fingerprint density at radius 3 is 2.38 bits per heavy atom. The molecular weight excluding hydrogens is 226 g/mol. The van der Waals surface area contributed by atoms with Gasteiger partial charge in [0.2, 0.25) is 0 Å². The predicted molar refractivity (Wildman–Crippen MR) is 66.4 cm³/mol. The van der Waals surface area contributed by atoms with Crippen LogP contribution in [-0.2, 0) is 0 Å². The van der Waals surface area contributed by atoms with Crippen LogP contribution in [0.3, 0.4) is 0 Å². The van der Waals surface area contributed by atoms with Crippen LogP contribution < -0.4 is 15.2 Å². The molecule has 0 fully saturated rings. The van der Waals surface area contributed by atoms with Crippen molar-refractivity contribution in [1.29, 1.82) is 0 Å². The molecule has 3 nitrogen and oxygen atoms in total. The molecule has 0 saturated heterocycles. The minimum atomic E-state index is 0. The number of fused-ring (bicyclic) bond motifs is 1. The van der Waals surface area contributed by atoms with E-state index in [4.69, 9.17) is 15.2 Å². The number of halogens is 1. The summed E-state index contributed by atoms with van der Waals surface area (Å²) >= 11 is 0. The molecule has 2 rings (SSSR count).